The van der Waals surface area contributed by atoms with E-state index in [1.807, 2.05) is 6.07 Å². The number of hydrogen-bond donors (Lipinski definition) is 0. The molecule has 0 bridgehead atoms. The predicted molar refractivity (Wildman–Crippen MR) is 68.6 cm³/mol. The van der Waals surface area contributed by atoms with Crippen molar-refractivity contribution < 1.29 is 14.3 Å². The van der Waals surface area contributed by atoms with E-state index < -0.39 is 11.4 Å². The zero-order chi connectivity index (χ0) is 14.2. The lowest BCUT2D eigenvalue weighted by atomic mass is 9.80. The summed E-state index contributed by atoms with van der Waals surface area (Å²) >= 11 is 0. The summed E-state index contributed by atoms with van der Waals surface area (Å²) in [7, 11) is 2.96. The Kier molecular flexibility index (Phi) is 3.03. The first-order chi connectivity index (χ1) is 8.93. The van der Waals surface area contributed by atoms with Gasteiger partial charge in [-0.3, -0.25) is 9.59 Å². The summed E-state index contributed by atoms with van der Waals surface area (Å²) in [5, 5.41) is 8.96. The van der Waals surface area contributed by atoms with E-state index in [4.69, 9.17) is 5.26 Å². The van der Waals surface area contributed by atoms with Gasteiger partial charge in [0, 0.05) is 12.7 Å². The van der Waals surface area contributed by atoms with Gasteiger partial charge in [0.1, 0.15) is 0 Å². The highest BCUT2D eigenvalue weighted by atomic mass is 16.5. The third-order valence-electron chi connectivity index (χ3n) is 3.58. The number of hydrogen-bond acceptors (Lipinski definition) is 4. The van der Waals surface area contributed by atoms with Crippen LogP contribution in [0.15, 0.2) is 18.2 Å². The second kappa shape index (κ2) is 4.39. The fraction of sp³-hybridized carbons (Fsp3) is 0.357. The normalized spacial score (nSPS) is 20.9. The monoisotopic (exact) mass is 258 g/mol. The quantitative estimate of drug-likeness (QED) is 0.751. The van der Waals surface area contributed by atoms with Crippen LogP contribution in [0, 0.1) is 11.3 Å². The third kappa shape index (κ3) is 1.85. The Hall–Kier alpha value is -2.35. The van der Waals surface area contributed by atoms with Crippen molar-refractivity contribution in [3.63, 3.8) is 0 Å². The molecule has 0 aromatic heterocycles. The Bertz CT molecular complexity index is 603. The van der Waals surface area contributed by atoms with Crippen LogP contribution in [0.5, 0.6) is 0 Å². The van der Waals surface area contributed by atoms with Gasteiger partial charge in [0.25, 0.3) is 0 Å². The van der Waals surface area contributed by atoms with Gasteiger partial charge in [-0.05, 0) is 30.7 Å². The molecule has 1 unspecified atom stereocenters. The molecule has 1 amide bonds. The summed E-state index contributed by atoms with van der Waals surface area (Å²) in [6.07, 6.45) is -0.0332. The van der Waals surface area contributed by atoms with Crippen molar-refractivity contribution in [3.05, 3.63) is 29.3 Å². The van der Waals surface area contributed by atoms with E-state index in [0.29, 0.717) is 11.1 Å². The Balaban J connectivity index is 2.56. The lowest BCUT2D eigenvalue weighted by Crippen LogP contribution is -2.38. The number of carbonyl (C=O) groups excluding carboxylic acids is 2. The highest BCUT2D eigenvalue weighted by Gasteiger charge is 2.47. The zero-order valence-electron chi connectivity index (χ0n) is 11.1. The largest absolute Gasteiger partial charge is 0.469 e. The number of nitriles is 1. The lowest BCUT2D eigenvalue weighted by molar-refractivity contribution is -0.144. The zero-order valence-corrected chi connectivity index (χ0v) is 11.1. The van der Waals surface area contributed by atoms with Crippen LogP contribution in [-0.4, -0.2) is 26.0 Å². The minimum atomic E-state index is -0.968. The van der Waals surface area contributed by atoms with E-state index in [-0.39, 0.29) is 12.3 Å². The molecule has 0 N–H and O–H groups in total. The van der Waals surface area contributed by atoms with Gasteiger partial charge in [0.15, 0.2) is 0 Å². The van der Waals surface area contributed by atoms with Crippen LogP contribution in [0.1, 0.15) is 24.5 Å². The van der Waals surface area contributed by atoms with Gasteiger partial charge in [-0.2, -0.15) is 5.26 Å². The van der Waals surface area contributed by atoms with Gasteiger partial charge in [0.05, 0.1) is 30.6 Å². The van der Waals surface area contributed by atoms with E-state index in [9.17, 15) is 9.59 Å². The fourth-order valence-electron chi connectivity index (χ4n) is 2.47. The van der Waals surface area contributed by atoms with Gasteiger partial charge in [0.2, 0.25) is 5.91 Å². The maximum atomic E-state index is 12.4. The first kappa shape index (κ1) is 13.1. The Labute approximate surface area is 111 Å². The van der Waals surface area contributed by atoms with Crippen molar-refractivity contribution >= 4 is 17.6 Å². The average molecular weight is 258 g/mol. The topological polar surface area (TPSA) is 70.4 Å². The Morgan fingerprint density at radius 1 is 1.53 bits per heavy atom. The number of carbonyl (C=O) groups is 2. The molecule has 1 aromatic carbocycles. The second-order valence-electron chi connectivity index (χ2n) is 4.79. The molecule has 0 fully saturated rings. The molecule has 1 aliphatic rings. The van der Waals surface area contributed by atoms with E-state index in [0.717, 1.165) is 5.69 Å². The molecular weight excluding hydrogens is 244 g/mol. The summed E-state index contributed by atoms with van der Waals surface area (Å²) in [5.74, 6) is -0.609. The molecule has 98 valence electrons. The fourth-order valence-corrected chi connectivity index (χ4v) is 2.47. The van der Waals surface area contributed by atoms with Crippen LogP contribution in [0.25, 0.3) is 0 Å². The molecule has 0 radical (unpaired) electrons. The van der Waals surface area contributed by atoms with Gasteiger partial charge in [-0.15, -0.1) is 0 Å². The highest BCUT2D eigenvalue weighted by molar-refractivity contribution is 6.09. The molecule has 2 rings (SSSR count). The number of benzene rings is 1. The van der Waals surface area contributed by atoms with Crippen LogP contribution in [0.4, 0.5) is 5.69 Å². The number of amides is 1. The smallest absolute Gasteiger partial charge is 0.306 e. The standard InChI is InChI=1S/C14H14N2O3/c1-14(7-12(17)19-3)10-6-9(8-15)4-5-11(10)16(2)13(14)18/h4-6H,7H2,1-3H3. The molecule has 0 aliphatic carbocycles. The molecule has 0 spiro atoms. The van der Waals surface area contributed by atoms with Crippen LogP contribution in [0.3, 0.4) is 0 Å². The van der Waals surface area contributed by atoms with Crippen molar-refractivity contribution in [2.45, 2.75) is 18.8 Å². The number of fused-ring (bicyclic) bond motifs is 1. The lowest BCUT2D eigenvalue weighted by Gasteiger charge is -2.21. The minimum absolute atomic E-state index is 0.0332. The molecule has 5 heteroatoms. The third-order valence-corrected chi connectivity index (χ3v) is 3.58. The van der Waals surface area contributed by atoms with Gasteiger partial charge >= 0.3 is 5.97 Å². The van der Waals surface area contributed by atoms with Crippen LogP contribution in [0.2, 0.25) is 0 Å². The molecule has 0 saturated carbocycles. The van der Waals surface area contributed by atoms with Crippen molar-refractivity contribution in [2.24, 2.45) is 0 Å². The molecular formula is C14H14N2O3. The van der Waals surface area contributed by atoms with Gasteiger partial charge in [-0.25, -0.2) is 0 Å². The molecule has 1 heterocycles. The molecule has 1 atom stereocenters. The molecule has 1 aromatic rings. The van der Waals surface area contributed by atoms with Crippen LogP contribution < -0.4 is 4.90 Å². The summed E-state index contributed by atoms with van der Waals surface area (Å²) in [5.41, 5.74) is 0.933. The van der Waals surface area contributed by atoms with Crippen LogP contribution >= 0.6 is 0 Å². The summed E-state index contributed by atoms with van der Waals surface area (Å²) in [6, 6.07) is 7.10. The summed E-state index contributed by atoms with van der Waals surface area (Å²) in [4.78, 5) is 25.4. The number of nitrogens with zero attached hydrogens (tertiary/aromatic N) is 2. The summed E-state index contributed by atoms with van der Waals surface area (Å²) in [6.45, 7) is 1.70. The molecule has 1 aliphatic heterocycles. The minimum Gasteiger partial charge on any atom is -0.469 e. The predicted octanol–water partition coefficient (Wildman–Crippen LogP) is 1.36. The summed E-state index contributed by atoms with van der Waals surface area (Å²) < 4.78 is 4.66. The van der Waals surface area contributed by atoms with Crippen molar-refractivity contribution in [1.82, 2.24) is 0 Å². The first-order valence-electron chi connectivity index (χ1n) is 5.83. The van der Waals surface area contributed by atoms with Crippen molar-refractivity contribution in [2.75, 3.05) is 19.1 Å². The Morgan fingerprint density at radius 3 is 2.79 bits per heavy atom. The number of methoxy groups -OCH3 is 1. The number of anilines is 1. The van der Waals surface area contributed by atoms with E-state index >= 15 is 0 Å². The Morgan fingerprint density at radius 2 is 2.21 bits per heavy atom. The van der Waals surface area contributed by atoms with Crippen molar-refractivity contribution in [3.8, 4) is 6.07 Å². The SMILES string of the molecule is COC(=O)CC1(C)C(=O)N(C)c2ccc(C#N)cc21. The second-order valence-corrected chi connectivity index (χ2v) is 4.79. The maximum Gasteiger partial charge on any atom is 0.306 e. The van der Waals surface area contributed by atoms with E-state index in [2.05, 4.69) is 4.74 Å². The molecule has 5 nitrogen and oxygen atoms in total. The maximum absolute atomic E-state index is 12.4. The number of likely N-dealkylation sites (N-methyl/N-ethyl adjacent to an activating group) is 1. The average Bonchev–Trinajstić information content (AvgIpc) is 2.60. The number of esters is 1. The highest BCUT2D eigenvalue weighted by Crippen LogP contribution is 2.43. The number of rotatable bonds is 2. The van der Waals surface area contributed by atoms with E-state index in [1.165, 1.54) is 12.0 Å². The van der Waals surface area contributed by atoms with Crippen LogP contribution in [-0.2, 0) is 19.7 Å². The number of ether oxygens (including phenoxy) is 1. The van der Waals surface area contributed by atoms with Crippen molar-refractivity contribution in [1.29, 1.82) is 5.26 Å². The molecule has 0 saturated heterocycles. The molecule has 19 heavy (non-hydrogen) atoms. The first-order valence-corrected chi connectivity index (χ1v) is 5.83. The van der Waals surface area contributed by atoms with Gasteiger partial charge < -0.3 is 9.64 Å². The van der Waals surface area contributed by atoms with E-state index in [1.54, 1.807) is 32.2 Å². The van der Waals surface area contributed by atoms with Gasteiger partial charge in [-0.1, -0.05) is 0 Å².